The molecule has 7 nitrogen and oxygen atoms in total. The van der Waals surface area contributed by atoms with E-state index in [-0.39, 0.29) is 17.5 Å². The number of nitrogens with one attached hydrogen (secondary N) is 1. The molecule has 1 aromatic carbocycles. The van der Waals surface area contributed by atoms with Gasteiger partial charge in [-0.05, 0) is 63.8 Å². The van der Waals surface area contributed by atoms with E-state index >= 15 is 0 Å². The molecule has 0 aliphatic heterocycles. The zero-order valence-corrected chi connectivity index (χ0v) is 19.8. The van der Waals surface area contributed by atoms with E-state index in [1.807, 2.05) is 0 Å². The number of rotatable bonds is 5. The van der Waals surface area contributed by atoms with Crippen LogP contribution in [0.5, 0.6) is 0 Å². The first-order chi connectivity index (χ1) is 16.3. The number of carboxylic acids is 1. The molecule has 3 aromatic rings. The summed E-state index contributed by atoms with van der Waals surface area (Å²) in [5.74, 6) is -1.83. The van der Waals surface area contributed by atoms with Gasteiger partial charge in [0.2, 0.25) is 0 Å². The van der Waals surface area contributed by atoms with Gasteiger partial charge < -0.3 is 15.5 Å². The van der Waals surface area contributed by atoms with Gasteiger partial charge >= 0.3 is 12.1 Å². The molecule has 1 saturated carbocycles. The standard InChI is InChI=1S/C24H24F3N3O4S/c1-23(2,34)14-10-17-18(35-21(30-17)12-6-8-13(9-7-12)22(32)33)11-16(14)29-20(31)15-4-3-5-19(28-15)24(25,26)27/h3-5,10-13,34H,6-9H2,1-2H3,(H,29,31)(H,32,33). The number of alkyl halides is 3. The molecule has 1 fully saturated rings. The van der Waals surface area contributed by atoms with Gasteiger partial charge in [-0.2, -0.15) is 13.2 Å². The van der Waals surface area contributed by atoms with Crippen molar-refractivity contribution in [2.45, 2.75) is 57.2 Å². The third kappa shape index (κ3) is 5.46. The van der Waals surface area contributed by atoms with Crippen molar-refractivity contribution in [3.8, 4) is 0 Å². The first kappa shape index (κ1) is 25.1. The van der Waals surface area contributed by atoms with Crippen molar-refractivity contribution in [1.82, 2.24) is 9.97 Å². The second-order valence-electron chi connectivity index (χ2n) is 9.22. The number of benzene rings is 1. The van der Waals surface area contributed by atoms with Crippen molar-refractivity contribution in [2.75, 3.05) is 5.32 Å². The topological polar surface area (TPSA) is 112 Å². The lowest BCUT2D eigenvalue weighted by atomic mass is 9.82. The van der Waals surface area contributed by atoms with Crippen LogP contribution in [0.1, 0.15) is 72.2 Å². The molecule has 186 valence electrons. The third-order valence-corrected chi connectivity index (χ3v) is 7.33. The molecule has 2 heterocycles. The summed E-state index contributed by atoms with van der Waals surface area (Å²) >= 11 is 1.42. The number of aromatic nitrogens is 2. The smallest absolute Gasteiger partial charge is 0.433 e. The number of halogens is 3. The second-order valence-corrected chi connectivity index (χ2v) is 10.3. The average molecular weight is 508 g/mol. The Kier molecular flexibility index (Phi) is 6.58. The first-order valence-electron chi connectivity index (χ1n) is 11.1. The van der Waals surface area contributed by atoms with Gasteiger partial charge in [0.15, 0.2) is 0 Å². The van der Waals surface area contributed by atoms with E-state index < -0.39 is 35.0 Å². The highest BCUT2D eigenvalue weighted by Crippen LogP contribution is 2.41. The predicted octanol–water partition coefficient (Wildman–Crippen LogP) is 5.55. The zero-order valence-electron chi connectivity index (χ0n) is 19.0. The molecule has 4 rings (SSSR count). The van der Waals surface area contributed by atoms with Gasteiger partial charge in [-0.25, -0.2) is 9.97 Å². The monoisotopic (exact) mass is 507 g/mol. The number of carboxylic acid groups (broad SMARTS) is 1. The molecule has 3 N–H and O–H groups in total. The number of pyridine rings is 1. The molecule has 0 saturated heterocycles. The van der Waals surface area contributed by atoms with Crippen LogP contribution in [0, 0.1) is 5.92 Å². The van der Waals surface area contributed by atoms with Crippen LogP contribution >= 0.6 is 11.3 Å². The van der Waals surface area contributed by atoms with E-state index in [1.54, 1.807) is 12.1 Å². The molecule has 1 amide bonds. The summed E-state index contributed by atoms with van der Waals surface area (Å²) in [6.45, 7) is 3.07. The van der Waals surface area contributed by atoms with Crippen LogP contribution in [0.4, 0.5) is 18.9 Å². The van der Waals surface area contributed by atoms with Crippen molar-refractivity contribution in [2.24, 2.45) is 5.92 Å². The van der Waals surface area contributed by atoms with Crippen LogP contribution in [-0.2, 0) is 16.6 Å². The lowest BCUT2D eigenvalue weighted by molar-refractivity contribution is -0.143. The minimum Gasteiger partial charge on any atom is -0.481 e. The summed E-state index contributed by atoms with van der Waals surface area (Å²) in [7, 11) is 0. The van der Waals surface area contributed by atoms with E-state index in [0.29, 0.717) is 36.8 Å². The summed E-state index contributed by atoms with van der Waals surface area (Å²) in [6, 6.07) is 6.39. The van der Waals surface area contributed by atoms with E-state index in [4.69, 9.17) is 4.98 Å². The maximum absolute atomic E-state index is 13.0. The molecular weight excluding hydrogens is 483 g/mol. The SMILES string of the molecule is CC(C)(O)c1cc2nc(C3CCC(C(=O)O)CC3)sc2cc1NC(=O)c1cccc(C(F)(F)F)n1. The van der Waals surface area contributed by atoms with Crippen LogP contribution in [-0.4, -0.2) is 32.1 Å². The Morgan fingerprint density at radius 3 is 2.37 bits per heavy atom. The van der Waals surface area contributed by atoms with E-state index in [0.717, 1.165) is 21.8 Å². The number of hydrogen-bond donors (Lipinski definition) is 3. The van der Waals surface area contributed by atoms with Crippen molar-refractivity contribution in [1.29, 1.82) is 0 Å². The normalized spacial score (nSPS) is 19.0. The summed E-state index contributed by atoms with van der Waals surface area (Å²) in [4.78, 5) is 32.1. The van der Waals surface area contributed by atoms with Gasteiger partial charge in [-0.1, -0.05) is 6.07 Å². The lowest BCUT2D eigenvalue weighted by Crippen LogP contribution is -2.22. The number of carbonyl (C=O) groups excluding carboxylic acids is 1. The number of thiazole rings is 1. The summed E-state index contributed by atoms with van der Waals surface area (Å²) in [6.07, 6.45) is -2.11. The van der Waals surface area contributed by atoms with Gasteiger partial charge in [0.25, 0.3) is 5.91 Å². The van der Waals surface area contributed by atoms with Gasteiger partial charge in [0.1, 0.15) is 11.4 Å². The lowest BCUT2D eigenvalue weighted by Gasteiger charge is -2.24. The van der Waals surface area contributed by atoms with Crippen molar-refractivity contribution >= 4 is 39.1 Å². The van der Waals surface area contributed by atoms with E-state index in [9.17, 15) is 33.0 Å². The fourth-order valence-electron chi connectivity index (χ4n) is 4.27. The Labute approximate surface area is 203 Å². The average Bonchev–Trinajstić information content (AvgIpc) is 3.20. The van der Waals surface area contributed by atoms with Crippen LogP contribution in [0.2, 0.25) is 0 Å². The minimum absolute atomic E-state index is 0.126. The predicted molar refractivity (Wildman–Crippen MR) is 124 cm³/mol. The Hall–Kier alpha value is -3.05. The zero-order chi connectivity index (χ0) is 25.5. The fraction of sp³-hybridized carbons (Fsp3) is 0.417. The highest BCUT2D eigenvalue weighted by atomic mass is 32.1. The minimum atomic E-state index is -4.68. The molecular formula is C24H24F3N3O4S. The number of nitrogens with zero attached hydrogens (tertiary/aromatic N) is 2. The Morgan fingerprint density at radius 1 is 1.09 bits per heavy atom. The number of amides is 1. The molecule has 0 radical (unpaired) electrons. The Morgan fingerprint density at radius 2 is 1.77 bits per heavy atom. The van der Waals surface area contributed by atoms with E-state index in [2.05, 4.69) is 10.3 Å². The maximum Gasteiger partial charge on any atom is 0.433 e. The van der Waals surface area contributed by atoms with Gasteiger partial charge in [0.05, 0.1) is 26.7 Å². The number of carbonyl (C=O) groups is 2. The number of aliphatic hydroxyl groups is 1. The Bertz CT molecular complexity index is 1280. The molecule has 0 spiro atoms. The molecule has 0 unspecified atom stereocenters. The molecule has 2 aromatic heterocycles. The summed E-state index contributed by atoms with van der Waals surface area (Å²) < 4.78 is 39.8. The van der Waals surface area contributed by atoms with E-state index in [1.165, 1.54) is 31.3 Å². The largest absolute Gasteiger partial charge is 0.481 e. The first-order valence-corrected chi connectivity index (χ1v) is 11.9. The van der Waals surface area contributed by atoms with Crippen LogP contribution in [0.25, 0.3) is 10.2 Å². The molecule has 11 heteroatoms. The molecule has 1 aliphatic carbocycles. The van der Waals surface area contributed by atoms with Crippen molar-refractivity contribution in [3.63, 3.8) is 0 Å². The van der Waals surface area contributed by atoms with Gasteiger partial charge in [-0.15, -0.1) is 11.3 Å². The number of hydrogen-bond acceptors (Lipinski definition) is 6. The van der Waals surface area contributed by atoms with Crippen molar-refractivity contribution < 1.29 is 33.0 Å². The van der Waals surface area contributed by atoms with Crippen molar-refractivity contribution in [3.05, 3.63) is 52.3 Å². The molecule has 0 bridgehead atoms. The van der Waals surface area contributed by atoms with Crippen LogP contribution in [0.3, 0.4) is 0 Å². The summed E-state index contributed by atoms with van der Waals surface area (Å²) in [5.41, 5.74) is -1.72. The quantitative estimate of drug-likeness (QED) is 0.418. The Balaban J connectivity index is 1.65. The fourth-order valence-corrected chi connectivity index (χ4v) is 5.43. The number of fused-ring (bicyclic) bond motifs is 1. The number of anilines is 1. The molecule has 0 atom stereocenters. The van der Waals surface area contributed by atoms with Gasteiger partial charge in [-0.3, -0.25) is 9.59 Å². The molecule has 35 heavy (non-hydrogen) atoms. The maximum atomic E-state index is 13.0. The third-order valence-electron chi connectivity index (χ3n) is 6.15. The second kappa shape index (κ2) is 9.19. The highest BCUT2D eigenvalue weighted by Gasteiger charge is 2.33. The number of aliphatic carboxylic acids is 1. The van der Waals surface area contributed by atoms with Gasteiger partial charge in [0, 0.05) is 17.2 Å². The highest BCUT2D eigenvalue weighted by molar-refractivity contribution is 7.18. The van der Waals surface area contributed by atoms with Crippen LogP contribution < -0.4 is 5.32 Å². The van der Waals surface area contributed by atoms with Crippen LogP contribution in [0.15, 0.2) is 30.3 Å². The summed E-state index contributed by atoms with van der Waals surface area (Å²) in [5, 5.41) is 23.4. The molecule has 1 aliphatic rings.